The molecule has 0 aromatic heterocycles. The molecule has 19 heavy (non-hydrogen) atoms. The Hall–Kier alpha value is -1.42. The van der Waals surface area contributed by atoms with Crippen LogP contribution < -0.4 is 4.90 Å². The van der Waals surface area contributed by atoms with Crippen LogP contribution in [0.25, 0.3) is 0 Å². The number of ketones is 1. The molecule has 0 saturated carbocycles. The Morgan fingerprint density at radius 3 is 2.63 bits per heavy atom. The molecule has 0 radical (unpaired) electrons. The molecule has 0 bridgehead atoms. The van der Waals surface area contributed by atoms with E-state index in [0.29, 0.717) is 12.5 Å². The van der Waals surface area contributed by atoms with Gasteiger partial charge in [0.1, 0.15) is 5.82 Å². The zero-order valence-corrected chi connectivity index (χ0v) is 11.6. The van der Waals surface area contributed by atoms with E-state index in [0.717, 1.165) is 12.8 Å². The second kappa shape index (κ2) is 5.29. The van der Waals surface area contributed by atoms with E-state index in [1.807, 2.05) is 0 Å². The number of carbonyl (C=O) groups excluding carboxylic acids is 2. The summed E-state index contributed by atoms with van der Waals surface area (Å²) in [5.74, 6) is -1.49. The molecule has 0 aliphatic carbocycles. The molecule has 1 aliphatic rings. The zero-order chi connectivity index (χ0) is 14.2. The Bertz CT molecular complexity index is 542. The third-order valence-electron chi connectivity index (χ3n) is 3.18. The fourth-order valence-corrected chi connectivity index (χ4v) is 2.46. The van der Waals surface area contributed by atoms with Crippen LogP contribution in [0.4, 0.5) is 10.1 Å². The molecule has 102 valence electrons. The van der Waals surface area contributed by atoms with Gasteiger partial charge in [-0.1, -0.05) is 25.4 Å². The van der Waals surface area contributed by atoms with Crippen molar-refractivity contribution in [2.75, 3.05) is 11.4 Å². The molecular weight excluding hydrogens is 269 g/mol. The van der Waals surface area contributed by atoms with E-state index in [4.69, 9.17) is 11.6 Å². The highest BCUT2D eigenvalue weighted by molar-refractivity contribution is 6.55. The Labute approximate surface area is 116 Å². The number of halogens is 2. The van der Waals surface area contributed by atoms with E-state index in [1.54, 1.807) is 0 Å². The summed E-state index contributed by atoms with van der Waals surface area (Å²) >= 11 is 5.89. The smallest absolute Gasteiger partial charge is 0.299 e. The first kappa shape index (κ1) is 14.0. The summed E-state index contributed by atoms with van der Waals surface area (Å²) in [6, 6.07) is 2.49. The van der Waals surface area contributed by atoms with Crippen molar-refractivity contribution in [1.82, 2.24) is 0 Å². The lowest BCUT2D eigenvalue weighted by atomic mass is 10.1. The van der Waals surface area contributed by atoms with Crippen LogP contribution in [0.15, 0.2) is 12.1 Å². The minimum absolute atomic E-state index is 0.00351. The predicted octanol–water partition coefficient (Wildman–Crippen LogP) is 3.44. The lowest BCUT2D eigenvalue weighted by Crippen LogP contribution is -2.31. The molecule has 0 spiro atoms. The van der Waals surface area contributed by atoms with Crippen LogP contribution in [0.3, 0.4) is 0 Å². The maximum Gasteiger partial charge on any atom is 0.299 e. The molecule has 3 nitrogen and oxygen atoms in total. The van der Waals surface area contributed by atoms with E-state index >= 15 is 0 Å². The fraction of sp³-hybridized carbons (Fsp3) is 0.429. The van der Waals surface area contributed by atoms with Gasteiger partial charge in [-0.25, -0.2) is 4.39 Å². The lowest BCUT2D eigenvalue weighted by molar-refractivity contribution is -0.114. The van der Waals surface area contributed by atoms with Gasteiger partial charge in [-0.05, 0) is 30.9 Å². The van der Waals surface area contributed by atoms with E-state index in [1.165, 1.54) is 17.0 Å². The van der Waals surface area contributed by atoms with Crippen LogP contribution in [0.2, 0.25) is 5.02 Å². The maximum absolute atomic E-state index is 13.8. The van der Waals surface area contributed by atoms with Crippen LogP contribution in [-0.4, -0.2) is 18.2 Å². The molecule has 0 atom stereocenters. The average molecular weight is 284 g/mol. The SMILES string of the molecule is CC(C)CCCN1C(=O)C(=O)c2c(Cl)ccc(F)c21. The molecule has 5 heteroatoms. The lowest BCUT2D eigenvalue weighted by Gasteiger charge is -2.17. The number of fused-ring (bicyclic) bond motifs is 1. The number of anilines is 1. The number of hydrogen-bond acceptors (Lipinski definition) is 2. The van der Waals surface area contributed by atoms with Crippen LogP contribution >= 0.6 is 11.6 Å². The highest BCUT2D eigenvalue weighted by Crippen LogP contribution is 2.36. The number of hydrogen-bond donors (Lipinski definition) is 0. The van der Waals surface area contributed by atoms with Gasteiger partial charge in [-0.3, -0.25) is 9.59 Å². The predicted molar refractivity (Wildman–Crippen MR) is 72.2 cm³/mol. The first-order valence-electron chi connectivity index (χ1n) is 6.27. The first-order valence-corrected chi connectivity index (χ1v) is 6.65. The largest absolute Gasteiger partial charge is 0.302 e. The van der Waals surface area contributed by atoms with E-state index < -0.39 is 17.5 Å². The van der Waals surface area contributed by atoms with Gasteiger partial charge in [-0.15, -0.1) is 0 Å². The van der Waals surface area contributed by atoms with Gasteiger partial charge in [0, 0.05) is 6.54 Å². The summed E-state index contributed by atoms with van der Waals surface area (Å²) < 4.78 is 13.8. The minimum Gasteiger partial charge on any atom is -0.302 e. The Balaban J connectivity index is 2.31. The molecular formula is C14H15ClFNO2. The Kier molecular flexibility index (Phi) is 3.90. The summed E-state index contributed by atoms with van der Waals surface area (Å²) in [7, 11) is 0. The number of nitrogens with zero attached hydrogens (tertiary/aromatic N) is 1. The molecule has 1 aliphatic heterocycles. The zero-order valence-electron chi connectivity index (χ0n) is 10.9. The molecule has 0 saturated heterocycles. The summed E-state index contributed by atoms with van der Waals surface area (Å²) in [6.07, 6.45) is 1.64. The maximum atomic E-state index is 13.8. The van der Waals surface area contributed by atoms with Gasteiger partial charge in [0.25, 0.3) is 11.7 Å². The highest BCUT2D eigenvalue weighted by atomic mass is 35.5. The molecule has 2 rings (SSSR count). The van der Waals surface area contributed by atoms with Crippen molar-refractivity contribution in [1.29, 1.82) is 0 Å². The van der Waals surface area contributed by atoms with Crippen LogP contribution in [0.1, 0.15) is 37.0 Å². The van der Waals surface area contributed by atoms with E-state index in [2.05, 4.69) is 13.8 Å². The van der Waals surface area contributed by atoms with Gasteiger partial charge in [0.15, 0.2) is 0 Å². The number of benzene rings is 1. The van der Waals surface area contributed by atoms with Crippen molar-refractivity contribution in [3.63, 3.8) is 0 Å². The molecule has 0 unspecified atom stereocenters. The van der Waals surface area contributed by atoms with Crippen LogP contribution in [0, 0.1) is 11.7 Å². The topological polar surface area (TPSA) is 37.4 Å². The molecule has 1 aromatic carbocycles. The normalized spacial score (nSPS) is 14.5. The monoisotopic (exact) mass is 283 g/mol. The van der Waals surface area contributed by atoms with Crippen LogP contribution in [-0.2, 0) is 4.79 Å². The number of carbonyl (C=O) groups is 2. The quantitative estimate of drug-likeness (QED) is 0.794. The van der Waals surface area contributed by atoms with Gasteiger partial charge < -0.3 is 4.90 Å². The third kappa shape index (κ3) is 2.50. The highest BCUT2D eigenvalue weighted by Gasteiger charge is 2.39. The Morgan fingerprint density at radius 1 is 1.32 bits per heavy atom. The minimum atomic E-state index is -0.718. The van der Waals surface area contributed by atoms with Gasteiger partial charge >= 0.3 is 0 Å². The number of rotatable bonds is 4. The first-order chi connectivity index (χ1) is 8.93. The second-order valence-corrected chi connectivity index (χ2v) is 5.48. The molecule has 1 amide bonds. The average Bonchev–Trinajstić information content (AvgIpc) is 2.59. The van der Waals surface area contributed by atoms with Crippen molar-refractivity contribution < 1.29 is 14.0 Å². The van der Waals surface area contributed by atoms with E-state index in [9.17, 15) is 14.0 Å². The molecule has 0 N–H and O–H groups in total. The molecule has 1 aromatic rings. The van der Waals surface area contributed by atoms with Crippen molar-refractivity contribution in [3.8, 4) is 0 Å². The summed E-state index contributed by atoms with van der Waals surface area (Å²) in [5.41, 5.74) is 0.0301. The fourth-order valence-electron chi connectivity index (χ4n) is 2.22. The number of Topliss-reactive ketones (excluding diaryl/α,β-unsaturated/α-hetero) is 1. The van der Waals surface area contributed by atoms with Crippen molar-refractivity contribution in [2.24, 2.45) is 5.92 Å². The standard InChI is InChI=1S/C14H15ClFNO2/c1-8(2)4-3-7-17-12-10(16)6-5-9(15)11(12)13(18)14(17)19/h5-6,8H,3-4,7H2,1-2H3. The van der Waals surface area contributed by atoms with Gasteiger partial charge in [0.05, 0.1) is 16.3 Å². The van der Waals surface area contributed by atoms with Crippen molar-refractivity contribution in [3.05, 3.63) is 28.5 Å². The van der Waals surface area contributed by atoms with E-state index in [-0.39, 0.29) is 16.3 Å². The number of amides is 1. The van der Waals surface area contributed by atoms with Gasteiger partial charge in [-0.2, -0.15) is 0 Å². The summed E-state index contributed by atoms with van der Waals surface area (Å²) in [5, 5.41) is 0.126. The third-order valence-corrected chi connectivity index (χ3v) is 3.49. The summed E-state index contributed by atoms with van der Waals surface area (Å²) in [6.45, 7) is 4.48. The molecule has 0 fully saturated rings. The van der Waals surface area contributed by atoms with Gasteiger partial charge in [0.2, 0.25) is 0 Å². The van der Waals surface area contributed by atoms with Crippen LogP contribution in [0.5, 0.6) is 0 Å². The van der Waals surface area contributed by atoms with Crippen molar-refractivity contribution >= 4 is 29.0 Å². The molecule has 1 heterocycles. The summed E-state index contributed by atoms with van der Waals surface area (Å²) in [4.78, 5) is 24.9. The Morgan fingerprint density at radius 2 is 2.00 bits per heavy atom. The van der Waals surface area contributed by atoms with Crippen molar-refractivity contribution in [2.45, 2.75) is 26.7 Å². The second-order valence-electron chi connectivity index (χ2n) is 5.07.